The Morgan fingerprint density at radius 3 is 2.50 bits per heavy atom. The van der Waals surface area contributed by atoms with E-state index in [1.807, 2.05) is 0 Å². The first-order valence-corrected chi connectivity index (χ1v) is 7.76. The Labute approximate surface area is 151 Å². The number of halogens is 3. The Hall–Kier alpha value is -3.07. The van der Waals surface area contributed by atoms with Crippen LogP contribution in [0.25, 0.3) is 11.4 Å². The van der Waals surface area contributed by atoms with Crippen LogP contribution in [0.2, 0.25) is 5.02 Å². The van der Waals surface area contributed by atoms with Gasteiger partial charge in [0.25, 0.3) is 0 Å². The number of benzene rings is 2. The number of tetrazole rings is 1. The molecule has 0 aliphatic rings. The van der Waals surface area contributed by atoms with Crippen LogP contribution >= 0.6 is 11.6 Å². The molecule has 7 nitrogen and oxygen atoms in total. The summed E-state index contributed by atoms with van der Waals surface area (Å²) in [6.07, 6.45) is 0. The molecule has 0 radical (unpaired) electrons. The maximum absolute atomic E-state index is 12.1. The van der Waals surface area contributed by atoms with E-state index < -0.39 is 12.5 Å². The van der Waals surface area contributed by atoms with E-state index in [-0.39, 0.29) is 12.3 Å². The summed E-state index contributed by atoms with van der Waals surface area (Å²) in [5.74, 6) is -0.0286. The highest BCUT2D eigenvalue weighted by Gasteiger charge is 2.10. The zero-order chi connectivity index (χ0) is 18.5. The molecule has 26 heavy (non-hydrogen) atoms. The van der Waals surface area contributed by atoms with Gasteiger partial charge in [0.1, 0.15) is 12.3 Å². The fourth-order valence-electron chi connectivity index (χ4n) is 2.07. The van der Waals surface area contributed by atoms with Gasteiger partial charge >= 0.3 is 6.61 Å². The molecule has 0 saturated carbocycles. The number of nitrogens with zero attached hydrogens (tertiary/aromatic N) is 4. The van der Waals surface area contributed by atoms with Crippen LogP contribution in [-0.4, -0.2) is 32.7 Å². The number of amides is 1. The third kappa shape index (κ3) is 4.73. The molecule has 0 aliphatic heterocycles. The third-order valence-corrected chi connectivity index (χ3v) is 3.46. The highest BCUT2D eigenvalue weighted by molar-refractivity contribution is 6.30. The molecule has 134 valence electrons. The van der Waals surface area contributed by atoms with Crippen LogP contribution in [0.4, 0.5) is 14.5 Å². The van der Waals surface area contributed by atoms with E-state index in [0.29, 0.717) is 16.5 Å². The fraction of sp³-hybridized carbons (Fsp3) is 0.125. The summed E-state index contributed by atoms with van der Waals surface area (Å²) in [4.78, 5) is 13.2. The smallest absolute Gasteiger partial charge is 0.387 e. The quantitative estimate of drug-likeness (QED) is 0.711. The minimum atomic E-state index is -2.90. The lowest BCUT2D eigenvalue weighted by Crippen LogP contribution is -2.20. The first kappa shape index (κ1) is 17.7. The van der Waals surface area contributed by atoms with Crippen molar-refractivity contribution in [2.75, 3.05) is 5.32 Å². The lowest BCUT2D eigenvalue weighted by molar-refractivity contribution is -0.117. The second-order valence-corrected chi connectivity index (χ2v) is 5.54. The van der Waals surface area contributed by atoms with E-state index in [1.165, 1.54) is 24.3 Å². The Bertz CT molecular complexity index is 884. The molecule has 10 heteroatoms. The molecule has 1 heterocycles. The van der Waals surface area contributed by atoms with Gasteiger partial charge in [0, 0.05) is 16.3 Å². The number of hydrogen-bond acceptors (Lipinski definition) is 5. The highest BCUT2D eigenvalue weighted by atomic mass is 35.5. The predicted octanol–water partition coefficient (Wildman–Crippen LogP) is 3.23. The molecule has 3 rings (SSSR count). The maximum Gasteiger partial charge on any atom is 0.387 e. The highest BCUT2D eigenvalue weighted by Crippen LogP contribution is 2.18. The van der Waals surface area contributed by atoms with Gasteiger partial charge in [-0.15, -0.1) is 10.2 Å². The van der Waals surface area contributed by atoms with Crippen molar-refractivity contribution in [3.05, 3.63) is 53.6 Å². The molecular weight excluding hydrogens is 368 g/mol. The average Bonchev–Trinajstić information content (AvgIpc) is 3.05. The van der Waals surface area contributed by atoms with Crippen molar-refractivity contribution in [2.24, 2.45) is 0 Å². The van der Waals surface area contributed by atoms with E-state index in [4.69, 9.17) is 11.6 Å². The Balaban J connectivity index is 1.59. The number of aromatic nitrogens is 4. The minimum Gasteiger partial charge on any atom is -0.435 e. The normalized spacial score (nSPS) is 10.8. The molecular formula is C16H12ClF2N5O2. The first-order chi connectivity index (χ1) is 12.5. The summed E-state index contributed by atoms with van der Waals surface area (Å²) in [6, 6.07) is 12.4. The summed E-state index contributed by atoms with van der Waals surface area (Å²) < 4.78 is 28.4. The summed E-state index contributed by atoms with van der Waals surface area (Å²) in [7, 11) is 0. The Morgan fingerprint density at radius 2 is 1.85 bits per heavy atom. The second kappa shape index (κ2) is 7.87. The van der Waals surface area contributed by atoms with Gasteiger partial charge in [0.2, 0.25) is 11.7 Å². The van der Waals surface area contributed by atoms with Crippen molar-refractivity contribution in [1.29, 1.82) is 0 Å². The van der Waals surface area contributed by atoms with Crippen LogP contribution in [0.5, 0.6) is 5.75 Å². The lowest BCUT2D eigenvalue weighted by atomic mass is 10.2. The van der Waals surface area contributed by atoms with E-state index in [1.54, 1.807) is 24.3 Å². The summed E-state index contributed by atoms with van der Waals surface area (Å²) >= 11 is 5.83. The van der Waals surface area contributed by atoms with Crippen LogP contribution in [0.3, 0.4) is 0 Å². The topological polar surface area (TPSA) is 81.9 Å². The molecule has 1 N–H and O–H groups in total. The molecule has 0 atom stereocenters. The minimum absolute atomic E-state index is 0.00329. The molecule has 0 fully saturated rings. The summed E-state index contributed by atoms with van der Waals surface area (Å²) in [5, 5.41) is 15.0. The number of carbonyl (C=O) groups is 1. The maximum atomic E-state index is 12.1. The van der Waals surface area contributed by atoms with E-state index in [9.17, 15) is 13.6 Å². The number of carbonyl (C=O) groups excluding carboxylic acids is 1. The van der Waals surface area contributed by atoms with Crippen molar-refractivity contribution in [2.45, 2.75) is 13.2 Å². The zero-order valence-electron chi connectivity index (χ0n) is 13.1. The van der Waals surface area contributed by atoms with E-state index in [2.05, 4.69) is 25.5 Å². The van der Waals surface area contributed by atoms with Crippen LogP contribution in [-0.2, 0) is 11.3 Å². The SMILES string of the molecule is O=C(Cn1nnc(-c2ccc(Cl)cc2)n1)Nc1ccc(OC(F)F)cc1. The van der Waals surface area contributed by atoms with Crippen molar-refractivity contribution in [1.82, 2.24) is 20.2 Å². The van der Waals surface area contributed by atoms with Crippen molar-refractivity contribution >= 4 is 23.2 Å². The average molecular weight is 380 g/mol. The van der Waals surface area contributed by atoms with E-state index >= 15 is 0 Å². The van der Waals surface area contributed by atoms with Gasteiger partial charge in [0.15, 0.2) is 0 Å². The molecule has 0 saturated heterocycles. The van der Waals surface area contributed by atoms with Gasteiger partial charge in [-0.2, -0.15) is 13.6 Å². The van der Waals surface area contributed by atoms with Crippen LogP contribution in [0.1, 0.15) is 0 Å². The van der Waals surface area contributed by atoms with Crippen molar-refractivity contribution < 1.29 is 18.3 Å². The molecule has 1 amide bonds. The summed E-state index contributed by atoms with van der Waals surface area (Å²) in [6.45, 7) is -3.06. The predicted molar refractivity (Wildman–Crippen MR) is 90.0 cm³/mol. The zero-order valence-corrected chi connectivity index (χ0v) is 13.9. The van der Waals surface area contributed by atoms with E-state index in [0.717, 1.165) is 10.4 Å². The second-order valence-electron chi connectivity index (χ2n) is 5.10. The molecule has 0 bridgehead atoms. The van der Waals surface area contributed by atoms with Crippen molar-refractivity contribution in [3.63, 3.8) is 0 Å². The Kier molecular flexibility index (Phi) is 5.37. The number of nitrogens with one attached hydrogen (secondary N) is 1. The standard InChI is InChI=1S/C16H12ClF2N5O2/c17-11-3-1-10(2-4-11)15-21-23-24(22-15)9-14(25)20-12-5-7-13(8-6-12)26-16(18)19/h1-8,16H,9H2,(H,20,25). The van der Waals surface area contributed by atoms with Gasteiger partial charge < -0.3 is 10.1 Å². The number of anilines is 1. The largest absolute Gasteiger partial charge is 0.435 e. The number of hydrogen-bond donors (Lipinski definition) is 1. The first-order valence-electron chi connectivity index (χ1n) is 7.38. The molecule has 0 unspecified atom stereocenters. The lowest BCUT2D eigenvalue weighted by Gasteiger charge is -2.07. The van der Waals surface area contributed by atoms with Crippen LogP contribution < -0.4 is 10.1 Å². The van der Waals surface area contributed by atoms with Gasteiger partial charge in [-0.3, -0.25) is 4.79 Å². The summed E-state index contributed by atoms with van der Waals surface area (Å²) in [5.41, 5.74) is 1.14. The molecule has 0 aliphatic carbocycles. The fourth-order valence-corrected chi connectivity index (χ4v) is 2.20. The molecule has 2 aromatic carbocycles. The van der Waals surface area contributed by atoms with Gasteiger partial charge in [0.05, 0.1) is 0 Å². The molecule has 3 aromatic rings. The number of alkyl halides is 2. The monoisotopic (exact) mass is 379 g/mol. The molecule has 1 aromatic heterocycles. The number of rotatable bonds is 6. The van der Waals surface area contributed by atoms with Gasteiger partial charge in [-0.25, -0.2) is 0 Å². The van der Waals surface area contributed by atoms with Gasteiger partial charge in [-0.1, -0.05) is 11.6 Å². The third-order valence-electron chi connectivity index (χ3n) is 3.20. The number of ether oxygens (including phenoxy) is 1. The van der Waals surface area contributed by atoms with Crippen LogP contribution in [0.15, 0.2) is 48.5 Å². The Morgan fingerprint density at radius 1 is 1.15 bits per heavy atom. The van der Waals surface area contributed by atoms with Crippen molar-refractivity contribution in [3.8, 4) is 17.1 Å². The molecule has 0 spiro atoms. The van der Waals surface area contributed by atoms with Gasteiger partial charge in [-0.05, 0) is 53.7 Å². The van der Waals surface area contributed by atoms with Crippen LogP contribution in [0, 0.1) is 0 Å².